The summed E-state index contributed by atoms with van der Waals surface area (Å²) in [6.07, 6.45) is 1.85. The van der Waals surface area contributed by atoms with E-state index < -0.39 is 0 Å². The van der Waals surface area contributed by atoms with Crippen molar-refractivity contribution in [2.75, 3.05) is 0 Å². The minimum Gasteiger partial charge on any atom is -0.326 e. The molecule has 0 saturated heterocycles. The summed E-state index contributed by atoms with van der Waals surface area (Å²) >= 11 is 0. The van der Waals surface area contributed by atoms with Crippen molar-refractivity contribution < 1.29 is 0 Å². The van der Waals surface area contributed by atoms with Gasteiger partial charge in [-0.15, -0.1) is 0 Å². The Balaban J connectivity index is 3.19. The van der Waals surface area contributed by atoms with Crippen LogP contribution in [0, 0.1) is 0 Å². The average Bonchev–Trinajstić information content (AvgIpc) is 2.29. The fourth-order valence-electron chi connectivity index (χ4n) is 1.60. The third-order valence-electron chi connectivity index (χ3n) is 1.94. The molecule has 3 heteroatoms. The molecular weight excluding hydrogens is 150 g/mol. The standard InChI is InChI=1S/C9H17N3/c1-9(2,3)8-7(5-10)6-11-12(8)4/h6H,5,10H2,1-4H3. The number of nitrogens with two attached hydrogens (primary N) is 1. The van der Waals surface area contributed by atoms with Gasteiger partial charge in [0.2, 0.25) is 0 Å². The Morgan fingerprint density at radius 3 is 2.42 bits per heavy atom. The van der Waals surface area contributed by atoms with E-state index in [9.17, 15) is 0 Å². The van der Waals surface area contributed by atoms with Gasteiger partial charge in [-0.05, 0) is 0 Å². The second-order valence-corrected chi connectivity index (χ2v) is 4.10. The van der Waals surface area contributed by atoms with Crippen LogP contribution in [-0.4, -0.2) is 9.78 Å². The van der Waals surface area contributed by atoms with E-state index in [0.29, 0.717) is 6.54 Å². The Morgan fingerprint density at radius 2 is 2.08 bits per heavy atom. The monoisotopic (exact) mass is 167 g/mol. The largest absolute Gasteiger partial charge is 0.326 e. The maximum absolute atomic E-state index is 5.61. The number of rotatable bonds is 1. The van der Waals surface area contributed by atoms with E-state index in [1.807, 2.05) is 17.9 Å². The van der Waals surface area contributed by atoms with Gasteiger partial charge in [0.1, 0.15) is 0 Å². The van der Waals surface area contributed by atoms with Crippen molar-refractivity contribution in [2.45, 2.75) is 32.7 Å². The summed E-state index contributed by atoms with van der Waals surface area (Å²) in [7, 11) is 1.96. The summed E-state index contributed by atoms with van der Waals surface area (Å²) in [5.74, 6) is 0. The molecule has 0 aliphatic carbocycles. The molecule has 0 unspecified atom stereocenters. The van der Waals surface area contributed by atoms with Crippen molar-refractivity contribution >= 4 is 0 Å². The van der Waals surface area contributed by atoms with Crippen LogP contribution in [0.5, 0.6) is 0 Å². The van der Waals surface area contributed by atoms with Crippen molar-refractivity contribution in [2.24, 2.45) is 12.8 Å². The summed E-state index contributed by atoms with van der Waals surface area (Å²) in [5, 5.41) is 4.19. The first kappa shape index (κ1) is 9.26. The van der Waals surface area contributed by atoms with Gasteiger partial charge in [-0.3, -0.25) is 4.68 Å². The molecule has 0 aliphatic heterocycles. The van der Waals surface area contributed by atoms with Gasteiger partial charge < -0.3 is 5.73 Å². The third-order valence-corrected chi connectivity index (χ3v) is 1.94. The van der Waals surface area contributed by atoms with Crippen LogP contribution in [-0.2, 0) is 19.0 Å². The number of hydrogen-bond donors (Lipinski definition) is 1. The lowest BCUT2D eigenvalue weighted by Gasteiger charge is -2.20. The highest BCUT2D eigenvalue weighted by Crippen LogP contribution is 2.24. The van der Waals surface area contributed by atoms with Crippen LogP contribution in [0.25, 0.3) is 0 Å². The summed E-state index contributed by atoms with van der Waals surface area (Å²) < 4.78 is 1.90. The molecule has 0 aliphatic rings. The topological polar surface area (TPSA) is 43.8 Å². The molecule has 0 radical (unpaired) electrons. The minimum atomic E-state index is 0.125. The molecule has 0 bridgehead atoms. The molecule has 1 heterocycles. The Labute approximate surface area is 73.6 Å². The summed E-state index contributed by atoms with van der Waals surface area (Å²) in [6.45, 7) is 7.08. The quantitative estimate of drug-likeness (QED) is 0.682. The van der Waals surface area contributed by atoms with Crippen molar-refractivity contribution in [1.82, 2.24) is 9.78 Å². The molecule has 3 nitrogen and oxygen atoms in total. The van der Waals surface area contributed by atoms with Gasteiger partial charge in [0.15, 0.2) is 0 Å². The highest BCUT2D eigenvalue weighted by Gasteiger charge is 2.21. The second kappa shape index (κ2) is 2.90. The van der Waals surface area contributed by atoms with E-state index in [-0.39, 0.29) is 5.41 Å². The highest BCUT2D eigenvalue weighted by atomic mass is 15.3. The number of aryl methyl sites for hydroxylation is 1. The van der Waals surface area contributed by atoms with Crippen molar-refractivity contribution in [1.29, 1.82) is 0 Å². The van der Waals surface area contributed by atoms with Gasteiger partial charge in [-0.1, -0.05) is 20.8 Å². The second-order valence-electron chi connectivity index (χ2n) is 4.10. The maximum atomic E-state index is 5.61. The van der Waals surface area contributed by atoms with E-state index in [4.69, 9.17) is 5.73 Å². The van der Waals surface area contributed by atoms with E-state index >= 15 is 0 Å². The first-order valence-electron chi connectivity index (χ1n) is 4.18. The van der Waals surface area contributed by atoms with Crippen LogP contribution in [0.2, 0.25) is 0 Å². The molecule has 1 aromatic rings. The van der Waals surface area contributed by atoms with E-state index in [2.05, 4.69) is 25.9 Å². The first-order chi connectivity index (χ1) is 5.46. The maximum Gasteiger partial charge on any atom is 0.0537 e. The van der Waals surface area contributed by atoms with Crippen LogP contribution in [0.4, 0.5) is 0 Å². The van der Waals surface area contributed by atoms with Crippen LogP contribution in [0.3, 0.4) is 0 Å². The lowest BCUT2D eigenvalue weighted by molar-refractivity contribution is 0.518. The molecule has 68 valence electrons. The minimum absolute atomic E-state index is 0.125. The molecule has 0 atom stereocenters. The predicted octanol–water partition coefficient (Wildman–Crippen LogP) is 1.18. The normalized spacial score (nSPS) is 12.1. The smallest absolute Gasteiger partial charge is 0.0537 e. The van der Waals surface area contributed by atoms with Crippen molar-refractivity contribution in [3.63, 3.8) is 0 Å². The van der Waals surface area contributed by atoms with Crippen LogP contribution in [0.15, 0.2) is 6.20 Å². The molecule has 0 fully saturated rings. The lowest BCUT2D eigenvalue weighted by atomic mass is 9.89. The highest BCUT2D eigenvalue weighted by molar-refractivity contribution is 5.24. The lowest BCUT2D eigenvalue weighted by Crippen LogP contribution is -2.19. The number of aromatic nitrogens is 2. The van der Waals surface area contributed by atoms with E-state index in [1.54, 1.807) is 0 Å². The Morgan fingerprint density at radius 1 is 1.50 bits per heavy atom. The first-order valence-corrected chi connectivity index (χ1v) is 4.18. The molecule has 0 saturated carbocycles. The zero-order chi connectivity index (χ0) is 9.35. The van der Waals surface area contributed by atoms with E-state index in [1.165, 1.54) is 5.69 Å². The van der Waals surface area contributed by atoms with Gasteiger partial charge in [0, 0.05) is 30.3 Å². The fourth-order valence-corrected chi connectivity index (χ4v) is 1.60. The summed E-state index contributed by atoms with van der Waals surface area (Å²) in [4.78, 5) is 0. The summed E-state index contributed by atoms with van der Waals surface area (Å²) in [6, 6.07) is 0. The fraction of sp³-hybridized carbons (Fsp3) is 0.667. The van der Waals surface area contributed by atoms with Crippen molar-refractivity contribution in [3.05, 3.63) is 17.5 Å². The number of nitrogens with zero attached hydrogens (tertiary/aromatic N) is 2. The van der Waals surface area contributed by atoms with Gasteiger partial charge >= 0.3 is 0 Å². The summed E-state index contributed by atoms with van der Waals surface area (Å²) in [5.41, 5.74) is 8.10. The van der Waals surface area contributed by atoms with Crippen LogP contribution < -0.4 is 5.73 Å². The van der Waals surface area contributed by atoms with Crippen LogP contribution in [0.1, 0.15) is 32.0 Å². The van der Waals surface area contributed by atoms with Gasteiger partial charge in [0.25, 0.3) is 0 Å². The van der Waals surface area contributed by atoms with Gasteiger partial charge in [-0.2, -0.15) is 5.10 Å². The molecule has 2 N–H and O–H groups in total. The zero-order valence-electron chi connectivity index (χ0n) is 8.26. The van der Waals surface area contributed by atoms with Crippen molar-refractivity contribution in [3.8, 4) is 0 Å². The Bertz CT molecular complexity index is 268. The Hall–Kier alpha value is -0.830. The van der Waals surface area contributed by atoms with Gasteiger partial charge in [0.05, 0.1) is 6.20 Å². The Kier molecular flexibility index (Phi) is 2.24. The molecule has 12 heavy (non-hydrogen) atoms. The van der Waals surface area contributed by atoms with Gasteiger partial charge in [-0.25, -0.2) is 0 Å². The molecule has 1 rings (SSSR count). The SMILES string of the molecule is Cn1ncc(CN)c1C(C)(C)C. The molecular formula is C9H17N3. The molecule has 1 aromatic heterocycles. The average molecular weight is 167 g/mol. The molecule has 0 aromatic carbocycles. The zero-order valence-corrected chi connectivity index (χ0v) is 8.26. The molecule has 0 amide bonds. The third kappa shape index (κ3) is 1.50. The molecule has 0 spiro atoms. The van der Waals surface area contributed by atoms with Crippen LogP contribution >= 0.6 is 0 Å². The number of hydrogen-bond acceptors (Lipinski definition) is 2. The van der Waals surface area contributed by atoms with E-state index in [0.717, 1.165) is 5.56 Å². The predicted molar refractivity (Wildman–Crippen MR) is 49.8 cm³/mol.